The van der Waals surface area contributed by atoms with Crippen LogP contribution in [0.2, 0.25) is 0 Å². The summed E-state index contributed by atoms with van der Waals surface area (Å²) in [5.74, 6) is 0.412. The van der Waals surface area contributed by atoms with E-state index in [0.29, 0.717) is 23.5 Å². The van der Waals surface area contributed by atoms with Crippen molar-refractivity contribution in [2.75, 3.05) is 13.7 Å². The Balaban J connectivity index is 2.15. The van der Waals surface area contributed by atoms with Gasteiger partial charge in [-0.1, -0.05) is 17.3 Å². The molecule has 0 saturated carbocycles. The number of aromatic nitrogens is 1. The first kappa shape index (κ1) is 22.0. The van der Waals surface area contributed by atoms with E-state index in [0.717, 1.165) is 22.6 Å². The molecule has 1 aromatic heterocycles. The van der Waals surface area contributed by atoms with Crippen LogP contribution in [0, 0.1) is 25.2 Å². The van der Waals surface area contributed by atoms with E-state index in [1.165, 1.54) is 0 Å². The van der Waals surface area contributed by atoms with Crippen LogP contribution in [-0.2, 0) is 20.7 Å². The molecule has 1 aliphatic heterocycles. The lowest BCUT2D eigenvalue weighted by molar-refractivity contribution is -0.139. The molecule has 8 nitrogen and oxygen atoms in total. The van der Waals surface area contributed by atoms with Gasteiger partial charge in [0.1, 0.15) is 28.9 Å². The van der Waals surface area contributed by atoms with E-state index in [1.807, 2.05) is 32.0 Å². The van der Waals surface area contributed by atoms with E-state index < -0.39 is 11.9 Å². The molecule has 1 atom stereocenters. The van der Waals surface area contributed by atoms with Crippen LogP contribution in [0.5, 0.6) is 5.75 Å². The third-order valence-corrected chi connectivity index (χ3v) is 5.29. The number of nitrogens with zero attached hydrogens (tertiary/aromatic N) is 2. The maximum Gasteiger partial charge on any atom is 0.338 e. The lowest BCUT2D eigenvalue weighted by Crippen LogP contribution is -2.25. The van der Waals surface area contributed by atoms with Crippen LogP contribution in [0.25, 0.3) is 0 Å². The first-order valence-corrected chi connectivity index (χ1v) is 9.86. The molecule has 1 aromatic carbocycles. The van der Waals surface area contributed by atoms with Gasteiger partial charge < -0.3 is 24.5 Å². The van der Waals surface area contributed by atoms with E-state index in [9.17, 15) is 10.1 Å². The van der Waals surface area contributed by atoms with Gasteiger partial charge in [0, 0.05) is 12.0 Å². The fraction of sp³-hybridized carbons (Fsp3) is 0.348. The third-order valence-electron chi connectivity index (χ3n) is 5.29. The molecular weight excluding hydrogens is 398 g/mol. The standard InChI is InChI=1S/C23H25N3O5/c1-6-29-23(27)20-14(4)30-22(25)18(11-24)21(20)15-7-8-19(28-5)16(9-15)10-17-12(2)26-31-13(17)3/h7-9,21H,6,10,25H2,1-5H3. The van der Waals surface area contributed by atoms with Crippen molar-refractivity contribution < 1.29 is 23.5 Å². The van der Waals surface area contributed by atoms with Gasteiger partial charge in [-0.2, -0.15) is 5.26 Å². The Bertz CT molecular complexity index is 1100. The lowest BCUT2D eigenvalue weighted by atomic mass is 9.82. The highest BCUT2D eigenvalue weighted by atomic mass is 16.5. The normalized spacial score (nSPS) is 16.1. The number of esters is 1. The summed E-state index contributed by atoms with van der Waals surface area (Å²) < 4.78 is 21.5. The van der Waals surface area contributed by atoms with Crippen LogP contribution < -0.4 is 10.5 Å². The van der Waals surface area contributed by atoms with E-state index in [2.05, 4.69) is 11.2 Å². The Morgan fingerprint density at radius 1 is 1.32 bits per heavy atom. The fourth-order valence-electron chi connectivity index (χ4n) is 3.75. The molecule has 8 heteroatoms. The van der Waals surface area contributed by atoms with Gasteiger partial charge >= 0.3 is 5.97 Å². The van der Waals surface area contributed by atoms with Crippen molar-refractivity contribution in [1.29, 1.82) is 5.26 Å². The molecule has 3 rings (SSSR count). The van der Waals surface area contributed by atoms with E-state index in [1.54, 1.807) is 21.0 Å². The van der Waals surface area contributed by atoms with Crippen LogP contribution >= 0.6 is 0 Å². The second-order valence-electron chi connectivity index (χ2n) is 7.17. The minimum absolute atomic E-state index is 0.0267. The van der Waals surface area contributed by atoms with Gasteiger partial charge in [-0.25, -0.2) is 4.79 Å². The number of carbonyl (C=O) groups excluding carboxylic acids is 1. The largest absolute Gasteiger partial charge is 0.496 e. The number of nitriles is 1. The molecule has 0 fully saturated rings. The molecule has 1 unspecified atom stereocenters. The molecule has 1 aliphatic rings. The summed E-state index contributed by atoms with van der Waals surface area (Å²) in [7, 11) is 1.59. The van der Waals surface area contributed by atoms with Crippen LogP contribution in [0.4, 0.5) is 0 Å². The number of nitrogens with two attached hydrogens (primary N) is 1. The van der Waals surface area contributed by atoms with Crippen LogP contribution in [0.3, 0.4) is 0 Å². The van der Waals surface area contributed by atoms with Crippen LogP contribution in [0.1, 0.15) is 47.9 Å². The Labute approximate surface area is 180 Å². The fourth-order valence-corrected chi connectivity index (χ4v) is 3.75. The first-order chi connectivity index (χ1) is 14.8. The number of hydrogen-bond acceptors (Lipinski definition) is 8. The Morgan fingerprint density at radius 2 is 2.06 bits per heavy atom. The van der Waals surface area contributed by atoms with Crippen molar-refractivity contribution in [2.24, 2.45) is 5.73 Å². The molecule has 0 aliphatic carbocycles. The first-order valence-electron chi connectivity index (χ1n) is 9.86. The summed E-state index contributed by atoms with van der Waals surface area (Å²) in [6.45, 7) is 7.28. The van der Waals surface area contributed by atoms with Crippen molar-refractivity contribution in [3.8, 4) is 11.8 Å². The Hall–Kier alpha value is -3.73. The molecule has 162 valence electrons. The van der Waals surface area contributed by atoms with Gasteiger partial charge in [0.15, 0.2) is 0 Å². The number of allylic oxidation sites excluding steroid dienone is 2. The molecular formula is C23H25N3O5. The van der Waals surface area contributed by atoms with Gasteiger partial charge in [0.2, 0.25) is 5.88 Å². The number of methoxy groups -OCH3 is 1. The number of rotatable bonds is 6. The topological polar surface area (TPSA) is 121 Å². The SMILES string of the molecule is CCOC(=O)C1=C(C)OC(N)=C(C#N)C1c1ccc(OC)c(Cc2c(C)noc2C)c1. The minimum Gasteiger partial charge on any atom is -0.496 e. The summed E-state index contributed by atoms with van der Waals surface area (Å²) >= 11 is 0. The average molecular weight is 423 g/mol. The van der Waals surface area contributed by atoms with Crippen molar-refractivity contribution in [1.82, 2.24) is 5.16 Å². The van der Waals surface area contributed by atoms with Gasteiger partial charge in [-0.15, -0.1) is 0 Å². The van der Waals surface area contributed by atoms with Crippen molar-refractivity contribution >= 4 is 5.97 Å². The van der Waals surface area contributed by atoms with Crippen LogP contribution in [0.15, 0.2) is 45.5 Å². The minimum atomic E-state index is -0.716. The zero-order valence-electron chi connectivity index (χ0n) is 18.2. The third kappa shape index (κ3) is 4.12. The molecule has 2 aromatic rings. The predicted octanol–water partition coefficient (Wildman–Crippen LogP) is 3.54. The van der Waals surface area contributed by atoms with Gasteiger partial charge in [0.25, 0.3) is 0 Å². The number of hydrogen-bond donors (Lipinski definition) is 1. The van der Waals surface area contributed by atoms with E-state index >= 15 is 0 Å². The summed E-state index contributed by atoms with van der Waals surface area (Å²) in [6.07, 6.45) is 0.514. The summed E-state index contributed by atoms with van der Waals surface area (Å²) in [4.78, 5) is 12.7. The predicted molar refractivity (Wildman–Crippen MR) is 112 cm³/mol. The number of carbonyl (C=O) groups is 1. The molecule has 0 radical (unpaired) electrons. The number of aryl methyl sites for hydroxylation is 2. The quantitative estimate of drug-likeness (QED) is 0.701. The molecule has 0 saturated heterocycles. The summed E-state index contributed by atoms with van der Waals surface area (Å²) in [5.41, 5.74) is 9.70. The summed E-state index contributed by atoms with van der Waals surface area (Å²) in [5, 5.41) is 13.8. The van der Waals surface area contributed by atoms with Crippen molar-refractivity contribution in [3.05, 3.63) is 69.1 Å². The Morgan fingerprint density at radius 3 is 2.65 bits per heavy atom. The average Bonchev–Trinajstić information content (AvgIpc) is 3.05. The highest BCUT2D eigenvalue weighted by Crippen LogP contribution is 2.41. The maximum absolute atomic E-state index is 12.7. The molecule has 2 heterocycles. The molecule has 0 amide bonds. The smallest absolute Gasteiger partial charge is 0.338 e. The maximum atomic E-state index is 12.7. The van der Waals surface area contributed by atoms with Gasteiger partial charge in [-0.3, -0.25) is 0 Å². The number of benzene rings is 1. The number of ether oxygens (including phenoxy) is 3. The van der Waals surface area contributed by atoms with E-state index in [4.69, 9.17) is 24.5 Å². The van der Waals surface area contributed by atoms with Crippen molar-refractivity contribution in [2.45, 2.75) is 40.0 Å². The highest BCUT2D eigenvalue weighted by molar-refractivity contribution is 5.92. The summed E-state index contributed by atoms with van der Waals surface area (Å²) in [6, 6.07) is 7.61. The highest BCUT2D eigenvalue weighted by Gasteiger charge is 2.36. The van der Waals surface area contributed by atoms with E-state index in [-0.39, 0.29) is 23.6 Å². The molecule has 0 bridgehead atoms. The van der Waals surface area contributed by atoms with Crippen molar-refractivity contribution in [3.63, 3.8) is 0 Å². The molecule has 2 N–H and O–H groups in total. The molecule has 31 heavy (non-hydrogen) atoms. The second-order valence-corrected chi connectivity index (χ2v) is 7.17. The molecule has 0 spiro atoms. The van der Waals surface area contributed by atoms with Crippen LogP contribution in [-0.4, -0.2) is 24.8 Å². The second kappa shape index (κ2) is 8.96. The van der Waals surface area contributed by atoms with Gasteiger partial charge in [0.05, 0.1) is 30.9 Å². The monoisotopic (exact) mass is 423 g/mol. The Kier molecular flexibility index (Phi) is 6.35. The lowest BCUT2D eigenvalue weighted by Gasteiger charge is -2.27. The zero-order valence-corrected chi connectivity index (χ0v) is 18.2. The zero-order chi connectivity index (χ0) is 22.7. The van der Waals surface area contributed by atoms with Gasteiger partial charge in [-0.05, 0) is 44.9 Å².